The van der Waals surface area contributed by atoms with E-state index >= 15 is 0 Å². The lowest BCUT2D eigenvalue weighted by molar-refractivity contribution is -0.384. The molecule has 0 fully saturated rings. The summed E-state index contributed by atoms with van der Waals surface area (Å²) in [6.45, 7) is 2.74. The number of amides is 1. The zero-order valence-corrected chi connectivity index (χ0v) is 14.1. The first-order valence-electron chi connectivity index (χ1n) is 8.07. The van der Waals surface area contributed by atoms with Gasteiger partial charge in [0.25, 0.3) is 11.6 Å². The smallest absolute Gasteiger partial charge is 0.293 e. The summed E-state index contributed by atoms with van der Waals surface area (Å²) in [4.78, 5) is 22.9. The van der Waals surface area contributed by atoms with E-state index in [-0.39, 0.29) is 23.2 Å². The number of carbonyl (C=O) groups is 1. The molecule has 0 radical (unpaired) electrons. The van der Waals surface area contributed by atoms with Crippen molar-refractivity contribution in [3.05, 3.63) is 69.8 Å². The topological polar surface area (TPSA) is 110 Å². The van der Waals surface area contributed by atoms with E-state index in [4.69, 9.17) is 5.73 Å². The van der Waals surface area contributed by atoms with Gasteiger partial charge >= 0.3 is 0 Å². The average Bonchev–Trinajstić information content (AvgIpc) is 2.60. The SMILES string of the molecule is CC(N)CCNC(=O)c1ccc(NCc2ccccc2)c([N+](=O)[O-])c1. The van der Waals surface area contributed by atoms with Gasteiger partial charge in [0.05, 0.1) is 4.92 Å². The molecule has 7 nitrogen and oxygen atoms in total. The summed E-state index contributed by atoms with van der Waals surface area (Å²) in [5.74, 6) is -0.349. The molecular formula is C18H22N4O3. The van der Waals surface area contributed by atoms with Crippen LogP contribution in [-0.4, -0.2) is 23.4 Å². The van der Waals surface area contributed by atoms with Crippen molar-refractivity contribution < 1.29 is 9.72 Å². The fourth-order valence-electron chi connectivity index (χ4n) is 2.28. The zero-order valence-electron chi connectivity index (χ0n) is 14.1. The third-order valence-electron chi connectivity index (χ3n) is 3.67. The molecule has 0 bridgehead atoms. The normalized spacial score (nSPS) is 11.6. The molecule has 0 saturated carbocycles. The van der Waals surface area contributed by atoms with Crippen molar-refractivity contribution in [2.24, 2.45) is 5.73 Å². The Balaban J connectivity index is 2.08. The van der Waals surface area contributed by atoms with E-state index in [0.29, 0.717) is 25.2 Å². The summed E-state index contributed by atoms with van der Waals surface area (Å²) >= 11 is 0. The Morgan fingerprint density at radius 1 is 1.24 bits per heavy atom. The van der Waals surface area contributed by atoms with Gasteiger partial charge in [-0.3, -0.25) is 14.9 Å². The number of rotatable bonds is 8. The van der Waals surface area contributed by atoms with E-state index in [9.17, 15) is 14.9 Å². The molecule has 4 N–H and O–H groups in total. The molecule has 2 aromatic rings. The van der Waals surface area contributed by atoms with Crippen molar-refractivity contribution in [3.63, 3.8) is 0 Å². The Morgan fingerprint density at radius 3 is 2.60 bits per heavy atom. The second kappa shape index (κ2) is 8.79. The Hall–Kier alpha value is -2.93. The first kappa shape index (κ1) is 18.4. The van der Waals surface area contributed by atoms with E-state index in [1.165, 1.54) is 6.07 Å². The highest BCUT2D eigenvalue weighted by atomic mass is 16.6. The molecule has 1 atom stereocenters. The maximum atomic E-state index is 12.1. The number of nitro benzene ring substituents is 1. The number of nitrogens with zero attached hydrogens (tertiary/aromatic N) is 1. The van der Waals surface area contributed by atoms with E-state index in [2.05, 4.69) is 10.6 Å². The maximum absolute atomic E-state index is 12.1. The van der Waals surface area contributed by atoms with Crippen LogP contribution in [0.4, 0.5) is 11.4 Å². The van der Waals surface area contributed by atoms with Crippen LogP contribution >= 0.6 is 0 Å². The third-order valence-corrected chi connectivity index (χ3v) is 3.67. The molecule has 0 saturated heterocycles. The molecule has 0 spiro atoms. The Bertz CT molecular complexity index is 732. The largest absolute Gasteiger partial charge is 0.375 e. The first-order chi connectivity index (χ1) is 12.0. The van der Waals surface area contributed by atoms with E-state index in [0.717, 1.165) is 5.56 Å². The van der Waals surface area contributed by atoms with Crippen molar-refractivity contribution in [1.82, 2.24) is 5.32 Å². The highest BCUT2D eigenvalue weighted by molar-refractivity contribution is 5.95. The molecule has 0 aliphatic rings. The minimum atomic E-state index is -0.494. The number of hydrogen-bond donors (Lipinski definition) is 3. The number of carbonyl (C=O) groups excluding carboxylic acids is 1. The first-order valence-corrected chi connectivity index (χ1v) is 8.07. The van der Waals surface area contributed by atoms with Gasteiger partial charge in [-0.2, -0.15) is 0 Å². The Kier molecular flexibility index (Phi) is 6.47. The molecular weight excluding hydrogens is 320 g/mol. The van der Waals surface area contributed by atoms with Crippen LogP contribution in [0.5, 0.6) is 0 Å². The molecule has 0 heterocycles. The van der Waals surface area contributed by atoms with Crippen molar-refractivity contribution >= 4 is 17.3 Å². The fourth-order valence-corrected chi connectivity index (χ4v) is 2.28. The van der Waals surface area contributed by atoms with Crippen LogP contribution in [0, 0.1) is 10.1 Å². The van der Waals surface area contributed by atoms with Crippen LogP contribution in [0.3, 0.4) is 0 Å². The maximum Gasteiger partial charge on any atom is 0.293 e. The minimum absolute atomic E-state index is 0.0146. The van der Waals surface area contributed by atoms with E-state index < -0.39 is 4.92 Å². The molecule has 132 valence electrons. The van der Waals surface area contributed by atoms with Crippen LogP contribution in [0.25, 0.3) is 0 Å². The standard InChI is InChI=1S/C18H22N4O3/c1-13(19)9-10-20-18(23)15-7-8-16(17(11-15)22(24)25)21-12-14-5-3-2-4-6-14/h2-8,11,13,21H,9-10,12,19H2,1H3,(H,20,23). The molecule has 1 amide bonds. The summed E-state index contributed by atoms with van der Waals surface area (Å²) < 4.78 is 0. The number of hydrogen-bond acceptors (Lipinski definition) is 5. The molecule has 25 heavy (non-hydrogen) atoms. The molecule has 2 aromatic carbocycles. The lowest BCUT2D eigenvalue weighted by Crippen LogP contribution is -2.29. The van der Waals surface area contributed by atoms with Gasteiger partial charge in [-0.15, -0.1) is 0 Å². The minimum Gasteiger partial charge on any atom is -0.375 e. The predicted molar refractivity (Wildman–Crippen MR) is 97.5 cm³/mol. The van der Waals surface area contributed by atoms with E-state index in [1.807, 2.05) is 37.3 Å². The van der Waals surface area contributed by atoms with Crippen LogP contribution in [0.2, 0.25) is 0 Å². The van der Waals surface area contributed by atoms with E-state index in [1.54, 1.807) is 12.1 Å². The quantitative estimate of drug-likeness (QED) is 0.504. The number of anilines is 1. The van der Waals surface area contributed by atoms with Gasteiger partial charge in [0.2, 0.25) is 0 Å². The number of benzene rings is 2. The van der Waals surface area contributed by atoms with Crippen molar-refractivity contribution in [1.29, 1.82) is 0 Å². The predicted octanol–water partition coefficient (Wildman–Crippen LogP) is 2.67. The monoisotopic (exact) mass is 342 g/mol. The molecule has 0 aromatic heterocycles. The number of nitro groups is 1. The number of nitrogens with one attached hydrogen (secondary N) is 2. The van der Waals surface area contributed by atoms with Crippen LogP contribution in [0.15, 0.2) is 48.5 Å². The van der Waals surface area contributed by atoms with Crippen molar-refractivity contribution in [2.75, 3.05) is 11.9 Å². The van der Waals surface area contributed by atoms with Crippen LogP contribution in [-0.2, 0) is 6.54 Å². The summed E-state index contributed by atoms with van der Waals surface area (Å²) in [5.41, 5.74) is 7.14. The molecule has 0 aliphatic heterocycles. The fraction of sp³-hybridized carbons (Fsp3) is 0.278. The van der Waals surface area contributed by atoms with Gasteiger partial charge in [-0.05, 0) is 31.0 Å². The van der Waals surface area contributed by atoms with Gasteiger partial charge < -0.3 is 16.4 Å². The second-order valence-corrected chi connectivity index (χ2v) is 5.85. The summed E-state index contributed by atoms with van der Waals surface area (Å²) in [7, 11) is 0. The van der Waals surface area contributed by atoms with Crippen molar-refractivity contribution in [3.8, 4) is 0 Å². The van der Waals surface area contributed by atoms with Crippen LogP contribution in [0.1, 0.15) is 29.3 Å². The lowest BCUT2D eigenvalue weighted by atomic mass is 10.1. The molecule has 1 unspecified atom stereocenters. The highest BCUT2D eigenvalue weighted by Crippen LogP contribution is 2.26. The van der Waals surface area contributed by atoms with Gasteiger partial charge in [-0.25, -0.2) is 0 Å². The highest BCUT2D eigenvalue weighted by Gasteiger charge is 2.17. The number of nitrogens with two attached hydrogens (primary N) is 1. The molecule has 0 aliphatic carbocycles. The third kappa shape index (κ3) is 5.58. The Labute approximate surface area is 146 Å². The zero-order chi connectivity index (χ0) is 18.2. The van der Waals surface area contributed by atoms with Gasteiger partial charge in [0, 0.05) is 30.8 Å². The molecule has 7 heteroatoms. The summed E-state index contributed by atoms with van der Waals surface area (Å²) in [5, 5.41) is 17.1. The summed E-state index contributed by atoms with van der Waals surface area (Å²) in [6.07, 6.45) is 0.643. The Morgan fingerprint density at radius 2 is 1.96 bits per heavy atom. The lowest BCUT2D eigenvalue weighted by Gasteiger charge is -2.10. The average molecular weight is 342 g/mol. The summed E-state index contributed by atoms with van der Waals surface area (Å²) in [6, 6.07) is 14.0. The van der Waals surface area contributed by atoms with Gasteiger partial charge in [0.15, 0.2) is 0 Å². The van der Waals surface area contributed by atoms with Crippen LogP contribution < -0.4 is 16.4 Å². The van der Waals surface area contributed by atoms with Crippen molar-refractivity contribution in [2.45, 2.75) is 25.9 Å². The van der Waals surface area contributed by atoms with Gasteiger partial charge in [0.1, 0.15) is 5.69 Å². The second-order valence-electron chi connectivity index (χ2n) is 5.85. The molecule has 2 rings (SSSR count). The van der Waals surface area contributed by atoms with Gasteiger partial charge in [-0.1, -0.05) is 30.3 Å².